The third-order valence-corrected chi connectivity index (χ3v) is 5.58. The molecule has 1 aliphatic rings. The molecule has 1 fully saturated rings. The van der Waals surface area contributed by atoms with Crippen LogP contribution in [0.15, 0.2) is 36.5 Å². The van der Waals surface area contributed by atoms with Crippen LogP contribution in [-0.4, -0.2) is 31.7 Å². The van der Waals surface area contributed by atoms with Crippen molar-refractivity contribution in [2.24, 2.45) is 0 Å². The zero-order valence-corrected chi connectivity index (χ0v) is 18.7. The molecule has 0 radical (unpaired) electrons. The molecule has 2 amide bonds. The number of anilines is 1. The first-order valence-corrected chi connectivity index (χ1v) is 10.7. The number of nitrogens with one attached hydrogen (secondary N) is 2. The van der Waals surface area contributed by atoms with Gasteiger partial charge < -0.3 is 15.7 Å². The summed E-state index contributed by atoms with van der Waals surface area (Å²) in [6.45, 7) is -0.388. The molecule has 0 bridgehead atoms. The van der Waals surface area contributed by atoms with Crippen molar-refractivity contribution in [1.29, 1.82) is 0 Å². The number of nitrogens with zero attached hydrogens (tertiary/aromatic N) is 3. The minimum atomic E-state index is -4.57. The van der Waals surface area contributed by atoms with Gasteiger partial charge in [-0.15, -0.1) is 0 Å². The number of amides is 2. The number of aromatic nitrogens is 3. The number of hydrogen-bond acceptors (Lipinski definition) is 5. The van der Waals surface area contributed by atoms with Crippen molar-refractivity contribution in [2.75, 3.05) is 5.32 Å². The molecule has 13 heteroatoms. The molecule has 0 unspecified atom stereocenters. The highest BCUT2D eigenvalue weighted by Crippen LogP contribution is 2.36. The van der Waals surface area contributed by atoms with Crippen molar-refractivity contribution >= 4 is 40.8 Å². The minimum absolute atomic E-state index is 0.0410. The lowest BCUT2D eigenvalue weighted by molar-refractivity contribution is -0.138. The number of carbonyl (C=O) groups excluding carboxylic acids is 2. The molecule has 0 spiro atoms. The molecule has 8 nitrogen and oxygen atoms in total. The first-order chi connectivity index (χ1) is 16.0. The largest absolute Gasteiger partial charge is 0.504 e. The standard InChI is InChI=1S/C21H16Cl2F3N5O3/c22-14-7-15(28-17(23)16(14)32)20(34)29-18-12(9-31(30-18)11-5-6-11)19(33)27-8-10-3-1-2-4-13(10)21(24,25)26/h1-4,7,9,11,32H,5-6,8H2,(H,27,33)(H,29,30,34). The summed E-state index contributed by atoms with van der Waals surface area (Å²) < 4.78 is 41.2. The Hall–Kier alpha value is -3.31. The molecule has 1 aliphatic carbocycles. The smallest absolute Gasteiger partial charge is 0.416 e. The fourth-order valence-corrected chi connectivity index (χ4v) is 3.60. The molecule has 4 rings (SSSR count). The second-order valence-corrected chi connectivity index (χ2v) is 8.29. The van der Waals surface area contributed by atoms with E-state index in [9.17, 15) is 27.9 Å². The lowest BCUT2D eigenvalue weighted by Crippen LogP contribution is -2.25. The summed E-state index contributed by atoms with van der Waals surface area (Å²) in [6.07, 6.45) is -1.49. The van der Waals surface area contributed by atoms with E-state index in [1.54, 1.807) is 0 Å². The Labute approximate surface area is 200 Å². The SMILES string of the molecule is O=C(Nc1nn(C2CC2)cc1C(=O)NCc1ccccc1C(F)(F)F)c1cc(Cl)c(O)c(Cl)n1. The van der Waals surface area contributed by atoms with Crippen LogP contribution in [0.4, 0.5) is 19.0 Å². The summed E-state index contributed by atoms with van der Waals surface area (Å²) in [7, 11) is 0. The van der Waals surface area contributed by atoms with Crippen LogP contribution in [0, 0.1) is 0 Å². The highest BCUT2D eigenvalue weighted by atomic mass is 35.5. The van der Waals surface area contributed by atoms with E-state index in [0.717, 1.165) is 25.0 Å². The summed E-state index contributed by atoms with van der Waals surface area (Å²) in [5.41, 5.74) is -1.24. The molecule has 3 N–H and O–H groups in total. The highest BCUT2D eigenvalue weighted by Gasteiger charge is 2.33. The number of carbonyl (C=O) groups is 2. The van der Waals surface area contributed by atoms with Crippen LogP contribution >= 0.6 is 23.2 Å². The number of pyridine rings is 1. The van der Waals surface area contributed by atoms with E-state index in [-0.39, 0.29) is 45.4 Å². The number of rotatable bonds is 6. The summed E-state index contributed by atoms with van der Waals surface area (Å²) in [6, 6.07) is 6.04. The van der Waals surface area contributed by atoms with E-state index in [2.05, 4.69) is 20.7 Å². The normalized spacial score (nSPS) is 13.6. The monoisotopic (exact) mass is 513 g/mol. The quantitative estimate of drug-likeness (QED) is 0.409. The van der Waals surface area contributed by atoms with Gasteiger partial charge in [-0.3, -0.25) is 14.3 Å². The zero-order chi connectivity index (χ0) is 24.6. The third-order valence-electron chi connectivity index (χ3n) is 5.03. The fraction of sp³-hybridized carbons (Fsp3) is 0.238. The molecule has 3 aromatic rings. The summed E-state index contributed by atoms with van der Waals surface area (Å²) in [4.78, 5) is 29.2. The molecule has 1 aromatic carbocycles. The molecule has 0 saturated heterocycles. The lowest BCUT2D eigenvalue weighted by Gasteiger charge is -2.13. The molecule has 2 heterocycles. The van der Waals surface area contributed by atoms with Gasteiger partial charge in [0.15, 0.2) is 16.7 Å². The van der Waals surface area contributed by atoms with E-state index in [4.69, 9.17) is 23.2 Å². The fourth-order valence-electron chi connectivity index (χ4n) is 3.16. The van der Waals surface area contributed by atoms with Gasteiger partial charge in [-0.05, 0) is 30.5 Å². The Balaban J connectivity index is 1.56. The van der Waals surface area contributed by atoms with Crippen LogP contribution < -0.4 is 10.6 Å². The Morgan fingerprint density at radius 3 is 2.53 bits per heavy atom. The van der Waals surface area contributed by atoms with Gasteiger partial charge in [-0.25, -0.2) is 4.98 Å². The van der Waals surface area contributed by atoms with Gasteiger partial charge in [-0.1, -0.05) is 41.4 Å². The number of alkyl halides is 3. The van der Waals surface area contributed by atoms with Crippen LogP contribution in [0.2, 0.25) is 10.2 Å². The third kappa shape index (κ3) is 5.10. The molecule has 1 saturated carbocycles. The number of halogens is 5. The maximum Gasteiger partial charge on any atom is 0.416 e. The van der Waals surface area contributed by atoms with Gasteiger partial charge in [-0.2, -0.15) is 18.3 Å². The first kappa shape index (κ1) is 23.8. The minimum Gasteiger partial charge on any atom is -0.504 e. The maximum atomic E-state index is 13.2. The topological polar surface area (TPSA) is 109 Å². The van der Waals surface area contributed by atoms with Crippen LogP contribution in [0.25, 0.3) is 0 Å². The molecule has 0 atom stereocenters. The predicted molar refractivity (Wildman–Crippen MR) is 117 cm³/mol. The molecule has 2 aromatic heterocycles. The van der Waals surface area contributed by atoms with Gasteiger partial charge in [0.25, 0.3) is 11.8 Å². The van der Waals surface area contributed by atoms with Crippen LogP contribution in [0.1, 0.15) is 50.9 Å². The van der Waals surface area contributed by atoms with Crippen molar-refractivity contribution in [2.45, 2.75) is 31.6 Å². The second-order valence-electron chi connectivity index (χ2n) is 7.52. The Kier molecular flexibility index (Phi) is 6.41. The second kappa shape index (κ2) is 9.15. The van der Waals surface area contributed by atoms with Gasteiger partial charge in [0.2, 0.25) is 0 Å². The van der Waals surface area contributed by atoms with Crippen molar-refractivity contribution in [3.63, 3.8) is 0 Å². The van der Waals surface area contributed by atoms with Crippen molar-refractivity contribution in [1.82, 2.24) is 20.1 Å². The van der Waals surface area contributed by atoms with Gasteiger partial charge in [0.05, 0.1) is 16.6 Å². The average Bonchev–Trinajstić information content (AvgIpc) is 3.55. The summed E-state index contributed by atoms with van der Waals surface area (Å²) >= 11 is 11.6. The Morgan fingerprint density at radius 1 is 1.18 bits per heavy atom. The Bertz CT molecular complexity index is 1250. The van der Waals surface area contributed by atoms with Crippen molar-refractivity contribution in [3.05, 3.63) is 69.1 Å². The summed E-state index contributed by atoms with van der Waals surface area (Å²) in [5, 5.41) is 18.2. The summed E-state index contributed by atoms with van der Waals surface area (Å²) in [5.74, 6) is -2.13. The number of hydrogen-bond donors (Lipinski definition) is 3. The van der Waals surface area contributed by atoms with E-state index in [1.807, 2.05) is 0 Å². The predicted octanol–water partition coefficient (Wildman–Crippen LogP) is 4.83. The van der Waals surface area contributed by atoms with Crippen LogP contribution in [0.3, 0.4) is 0 Å². The zero-order valence-electron chi connectivity index (χ0n) is 17.2. The molecule has 178 valence electrons. The van der Waals surface area contributed by atoms with E-state index >= 15 is 0 Å². The maximum absolute atomic E-state index is 13.2. The van der Waals surface area contributed by atoms with Gasteiger partial charge >= 0.3 is 6.18 Å². The Morgan fingerprint density at radius 2 is 1.88 bits per heavy atom. The first-order valence-electron chi connectivity index (χ1n) is 9.93. The van der Waals surface area contributed by atoms with E-state index in [0.29, 0.717) is 0 Å². The molecular weight excluding hydrogens is 498 g/mol. The lowest BCUT2D eigenvalue weighted by atomic mass is 10.1. The highest BCUT2D eigenvalue weighted by molar-refractivity contribution is 6.36. The van der Waals surface area contributed by atoms with Gasteiger partial charge in [0, 0.05) is 12.7 Å². The van der Waals surface area contributed by atoms with Crippen LogP contribution in [0.5, 0.6) is 5.75 Å². The molecule has 34 heavy (non-hydrogen) atoms. The number of benzene rings is 1. The van der Waals surface area contributed by atoms with Gasteiger partial charge in [0.1, 0.15) is 11.3 Å². The molecule has 0 aliphatic heterocycles. The van der Waals surface area contributed by atoms with E-state index in [1.165, 1.54) is 29.1 Å². The van der Waals surface area contributed by atoms with Crippen LogP contribution in [-0.2, 0) is 12.7 Å². The molecular formula is C21H16Cl2F3N5O3. The number of aromatic hydroxyl groups is 1. The van der Waals surface area contributed by atoms with E-state index < -0.39 is 29.3 Å². The van der Waals surface area contributed by atoms with Crippen molar-refractivity contribution in [3.8, 4) is 5.75 Å². The van der Waals surface area contributed by atoms with Crippen molar-refractivity contribution < 1.29 is 27.9 Å². The average molecular weight is 514 g/mol.